The fourth-order valence-corrected chi connectivity index (χ4v) is 4.74. The van der Waals surface area contributed by atoms with E-state index >= 15 is 0 Å². The van der Waals surface area contributed by atoms with Crippen molar-refractivity contribution in [1.82, 2.24) is 15.1 Å². The first kappa shape index (κ1) is 18.5. The van der Waals surface area contributed by atoms with Gasteiger partial charge in [0.15, 0.2) is 0 Å². The Balaban J connectivity index is 1.57. The van der Waals surface area contributed by atoms with Gasteiger partial charge in [-0.05, 0) is 19.3 Å². The van der Waals surface area contributed by atoms with E-state index in [2.05, 4.69) is 10.2 Å². The number of fused-ring (bicyclic) bond motifs is 1. The molecule has 2 aliphatic heterocycles. The molecule has 0 spiro atoms. The molecular formula is C18H31N3O4. The highest BCUT2D eigenvalue weighted by molar-refractivity contribution is 5.81. The Kier molecular flexibility index (Phi) is 5.84. The minimum atomic E-state index is -0.809. The fourth-order valence-electron chi connectivity index (χ4n) is 4.74. The van der Waals surface area contributed by atoms with Gasteiger partial charge in [-0.3, -0.25) is 4.79 Å². The molecule has 0 aromatic heterocycles. The zero-order chi connectivity index (χ0) is 17.9. The maximum atomic E-state index is 12.6. The van der Waals surface area contributed by atoms with E-state index < -0.39 is 11.4 Å². The molecule has 0 bridgehead atoms. The predicted octanol–water partition coefficient (Wildman–Crippen LogP) is 1.38. The summed E-state index contributed by atoms with van der Waals surface area (Å²) >= 11 is 0. The van der Waals surface area contributed by atoms with Gasteiger partial charge in [-0.15, -0.1) is 0 Å². The number of ether oxygens (including phenoxy) is 1. The van der Waals surface area contributed by atoms with Crippen molar-refractivity contribution in [3.63, 3.8) is 0 Å². The van der Waals surface area contributed by atoms with Gasteiger partial charge in [0.25, 0.3) is 0 Å². The lowest BCUT2D eigenvalue weighted by atomic mass is 9.81. The summed E-state index contributed by atoms with van der Waals surface area (Å²) in [5, 5.41) is 13.0. The second kappa shape index (κ2) is 7.91. The van der Waals surface area contributed by atoms with Crippen molar-refractivity contribution >= 4 is 12.0 Å². The summed E-state index contributed by atoms with van der Waals surface area (Å²) in [7, 11) is 1.68. The van der Waals surface area contributed by atoms with Crippen LogP contribution in [-0.2, 0) is 9.53 Å². The summed E-state index contributed by atoms with van der Waals surface area (Å²) in [4.78, 5) is 28.6. The minimum absolute atomic E-state index is 0.0182. The molecule has 1 saturated carbocycles. The van der Waals surface area contributed by atoms with E-state index in [9.17, 15) is 14.7 Å². The summed E-state index contributed by atoms with van der Waals surface area (Å²) in [6.07, 6.45) is 6.58. The molecule has 142 valence electrons. The van der Waals surface area contributed by atoms with Crippen molar-refractivity contribution in [3.8, 4) is 0 Å². The van der Waals surface area contributed by atoms with Gasteiger partial charge in [0, 0.05) is 58.4 Å². The van der Waals surface area contributed by atoms with Crippen LogP contribution in [-0.4, -0.2) is 79.4 Å². The number of aliphatic carboxylic acids is 1. The van der Waals surface area contributed by atoms with Gasteiger partial charge >= 0.3 is 12.0 Å². The van der Waals surface area contributed by atoms with Crippen molar-refractivity contribution in [2.45, 2.75) is 44.6 Å². The zero-order valence-electron chi connectivity index (χ0n) is 15.2. The number of likely N-dealkylation sites (tertiary alicyclic amines) is 2. The monoisotopic (exact) mass is 353 g/mol. The van der Waals surface area contributed by atoms with Crippen molar-refractivity contribution in [1.29, 1.82) is 0 Å². The smallest absolute Gasteiger partial charge is 0.317 e. The second-order valence-electron chi connectivity index (χ2n) is 7.90. The highest BCUT2D eigenvalue weighted by atomic mass is 16.5. The number of methoxy groups -OCH3 is 1. The normalized spacial score (nSPS) is 30.4. The summed E-state index contributed by atoms with van der Waals surface area (Å²) in [5.74, 6) is -0.746. The summed E-state index contributed by atoms with van der Waals surface area (Å²) in [6.45, 7) is 3.70. The van der Waals surface area contributed by atoms with E-state index in [4.69, 9.17) is 4.74 Å². The Bertz CT molecular complexity index is 495. The van der Waals surface area contributed by atoms with Gasteiger partial charge in [0.05, 0.1) is 0 Å². The number of carbonyl (C=O) groups excluding carboxylic acids is 1. The molecule has 2 amide bonds. The van der Waals surface area contributed by atoms with Crippen molar-refractivity contribution in [2.24, 2.45) is 11.3 Å². The Hall–Kier alpha value is -1.34. The molecule has 0 aromatic rings. The third kappa shape index (κ3) is 3.92. The molecule has 3 fully saturated rings. The van der Waals surface area contributed by atoms with E-state index in [0.29, 0.717) is 26.2 Å². The van der Waals surface area contributed by atoms with Crippen LogP contribution in [0.2, 0.25) is 0 Å². The SMILES string of the molecule is COCCCN1C[C@H]2CN(C(=O)NC3CCCCC3)C[C@@]2(C(=O)O)C1. The number of amides is 2. The number of hydrogen-bond acceptors (Lipinski definition) is 4. The molecule has 3 rings (SSSR count). The molecule has 2 atom stereocenters. The minimum Gasteiger partial charge on any atom is -0.481 e. The number of carboxylic acid groups (broad SMARTS) is 1. The molecule has 25 heavy (non-hydrogen) atoms. The van der Waals surface area contributed by atoms with Crippen LogP contribution in [0.1, 0.15) is 38.5 Å². The lowest BCUT2D eigenvalue weighted by Gasteiger charge is -2.28. The number of carboxylic acids is 1. The molecule has 2 N–H and O–H groups in total. The second-order valence-corrected chi connectivity index (χ2v) is 7.90. The number of hydrogen-bond donors (Lipinski definition) is 2. The average molecular weight is 353 g/mol. The van der Waals surface area contributed by atoms with Crippen LogP contribution in [0.15, 0.2) is 0 Å². The average Bonchev–Trinajstić information content (AvgIpc) is 3.11. The molecule has 7 heteroatoms. The van der Waals surface area contributed by atoms with Crippen LogP contribution >= 0.6 is 0 Å². The van der Waals surface area contributed by atoms with Gasteiger partial charge in [0.2, 0.25) is 0 Å². The summed E-state index contributed by atoms with van der Waals surface area (Å²) in [6, 6.07) is 0.181. The molecule has 0 radical (unpaired) electrons. The van der Waals surface area contributed by atoms with Crippen LogP contribution in [0.25, 0.3) is 0 Å². The third-order valence-corrected chi connectivity index (χ3v) is 6.15. The Labute approximate surface area is 149 Å². The van der Waals surface area contributed by atoms with Gasteiger partial charge in [-0.1, -0.05) is 19.3 Å². The Morgan fingerprint density at radius 3 is 2.60 bits per heavy atom. The first-order valence-corrected chi connectivity index (χ1v) is 9.55. The first-order valence-electron chi connectivity index (χ1n) is 9.55. The molecule has 7 nitrogen and oxygen atoms in total. The maximum Gasteiger partial charge on any atom is 0.317 e. The van der Waals surface area contributed by atoms with E-state index in [1.807, 2.05) is 0 Å². The fraction of sp³-hybridized carbons (Fsp3) is 0.889. The predicted molar refractivity (Wildman–Crippen MR) is 93.5 cm³/mol. The Morgan fingerprint density at radius 1 is 1.20 bits per heavy atom. The van der Waals surface area contributed by atoms with Gasteiger partial charge in [-0.25, -0.2) is 4.79 Å². The molecule has 3 aliphatic rings. The standard InChI is InChI=1S/C18H31N3O4/c1-25-9-5-8-20-10-14-11-21(13-18(14,12-20)16(22)23)17(24)19-15-6-3-2-4-7-15/h14-15H,2-13H2,1H3,(H,19,24)(H,22,23)/t14-,18-/m0/s1. The number of carbonyl (C=O) groups is 2. The highest BCUT2D eigenvalue weighted by Gasteiger charge is 2.58. The molecule has 1 aliphatic carbocycles. The van der Waals surface area contributed by atoms with E-state index in [1.54, 1.807) is 12.0 Å². The highest BCUT2D eigenvalue weighted by Crippen LogP contribution is 2.42. The number of nitrogens with one attached hydrogen (secondary N) is 1. The van der Waals surface area contributed by atoms with E-state index in [0.717, 1.165) is 32.4 Å². The zero-order valence-corrected chi connectivity index (χ0v) is 15.2. The third-order valence-electron chi connectivity index (χ3n) is 6.15. The van der Waals surface area contributed by atoms with E-state index in [-0.39, 0.29) is 18.0 Å². The van der Waals surface area contributed by atoms with Crippen molar-refractivity contribution in [3.05, 3.63) is 0 Å². The maximum absolute atomic E-state index is 12.6. The van der Waals surface area contributed by atoms with Crippen molar-refractivity contribution in [2.75, 3.05) is 46.4 Å². The molecule has 2 saturated heterocycles. The van der Waals surface area contributed by atoms with Crippen LogP contribution in [0, 0.1) is 11.3 Å². The molecule has 0 aromatic carbocycles. The van der Waals surface area contributed by atoms with Gasteiger partial charge in [-0.2, -0.15) is 0 Å². The number of rotatable bonds is 6. The van der Waals surface area contributed by atoms with Crippen LogP contribution in [0.5, 0.6) is 0 Å². The van der Waals surface area contributed by atoms with E-state index in [1.165, 1.54) is 19.3 Å². The number of urea groups is 1. The lowest BCUT2D eigenvalue weighted by Crippen LogP contribution is -2.47. The van der Waals surface area contributed by atoms with Crippen LogP contribution in [0.4, 0.5) is 4.79 Å². The molecule has 0 unspecified atom stereocenters. The largest absolute Gasteiger partial charge is 0.481 e. The van der Waals surface area contributed by atoms with Gasteiger partial charge < -0.3 is 25.0 Å². The number of nitrogens with zero attached hydrogens (tertiary/aromatic N) is 2. The van der Waals surface area contributed by atoms with Crippen LogP contribution < -0.4 is 5.32 Å². The van der Waals surface area contributed by atoms with Gasteiger partial charge in [0.1, 0.15) is 5.41 Å². The quantitative estimate of drug-likeness (QED) is 0.705. The molecular weight excluding hydrogens is 322 g/mol. The first-order chi connectivity index (χ1) is 12.0. The Morgan fingerprint density at radius 2 is 1.96 bits per heavy atom. The summed E-state index contributed by atoms with van der Waals surface area (Å²) < 4.78 is 5.08. The molecule has 2 heterocycles. The van der Waals surface area contributed by atoms with Crippen molar-refractivity contribution < 1.29 is 19.4 Å². The van der Waals surface area contributed by atoms with Crippen LogP contribution in [0.3, 0.4) is 0 Å². The topological polar surface area (TPSA) is 82.1 Å². The lowest BCUT2D eigenvalue weighted by molar-refractivity contribution is -0.148. The summed E-state index contributed by atoms with van der Waals surface area (Å²) in [5.41, 5.74) is -0.809.